The Morgan fingerprint density at radius 2 is 1.71 bits per heavy atom. The molecule has 2 aromatic rings. The van der Waals surface area contributed by atoms with Crippen LogP contribution in [0.2, 0.25) is 10.0 Å². The van der Waals surface area contributed by atoms with Crippen LogP contribution in [0.1, 0.15) is 17.2 Å². The van der Waals surface area contributed by atoms with Crippen LogP contribution < -0.4 is 5.73 Å². The van der Waals surface area contributed by atoms with Gasteiger partial charge < -0.3 is 5.73 Å². The SMILES string of the molecule is NC(c1cc(Cl)ccc1F)c1ccccc1Cl. The molecular weight excluding hydrogens is 260 g/mol. The number of hydrogen-bond acceptors (Lipinski definition) is 1. The Morgan fingerprint density at radius 1 is 1.00 bits per heavy atom. The summed E-state index contributed by atoms with van der Waals surface area (Å²) in [7, 11) is 0. The Bertz CT molecular complexity index is 543. The zero-order chi connectivity index (χ0) is 12.4. The molecule has 0 saturated carbocycles. The van der Waals surface area contributed by atoms with Gasteiger partial charge in [0, 0.05) is 15.6 Å². The van der Waals surface area contributed by atoms with Gasteiger partial charge in [-0.2, -0.15) is 0 Å². The normalized spacial score (nSPS) is 12.5. The minimum Gasteiger partial charge on any atom is -0.320 e. The van der Waals surface area contributed by atoms with Gasteiger partial charge in [-0.05, 0) is 29.8 Å². The first kappa shape index (κ1) is 12.4. The molecule has 0 bridgehead atoms. The molecule has 0 spiro atoms. The summed E-state index contributed by atoms with van der Waals surface area (Å²) in [4.78, 5) is 0. The monoisotopic (exact) mass is 269 g/mol. The molecule has 0 heterocycles. The Hall–Kier alpha value is -1.09. The summed E-state index contributed by atoms with van der Waals surface area (Å²) in [5.41, 5.74) is 7.02. The Labute approximate surface area is 109 Å². The van der Waals surface area contributed by atoms with Crippen LogP contribution in [-0.2, 0) is 0 Å². The van der Waals surface area contributed by atoms with Crippen LogP contribution >= 0.6 is 23.2 Å². The van der Waals surface area contributed by atoms with Gasteiger partial charge in [0.1, 0.15) is 5.82 Å². The van der Waals surface area contributed by atoms with E-state index in [0.717, 1.165) is 0 Å². The first-order valence-corrected chi connectivity index (χ1v) is 5.80. The van der Waals surface area contributed by atoms with Crippen molar-refractivity contribution in [3.05, 3.63) is 69.5 Å². The summed E-state index contributed by atoms with van der Waals surface area (Å²) >= 11 is 11.9. The molecule has 17 heavy (non-hydrogen) atoms. The van der Waals surface area contributed by atoms with Crippen molar-refractivity contribution in [1.82, 2.24) is 0 Å². The highest BCUT2D eigenvalue weighted by molar-refractivity contribution is 6.31. The van der Waals surface area contributed by atoms with Gasteiger partial charge in [0.25, 0.3) is 0 Å². The van der Waals surface area contributed by atoms with Gasteiger partial charge in [-0.3, -0.25) is 0 Å². The van der Waals surface area contributed by atoms with Crippen molar-refractivity contribution in [3.63, 3.8) is 0 Å². The predicted molar refractivity (Wildman–Crippen MR) is 68.9 cm³/mol. The number of benzene rings is 2. The minimum absolute atomic E-state index is 0.339. The third kappa shape index (κ3) is 2.60. The van der Waals surface area contributed by atoms with E-state index in [1.54, 1.807) is 18.2 Å². The van der Waals surface area contributed by atoms with E-state index in [4.69, 9.17) is 28.9 Å². The third-order valence-corrected chi connectivity index (χ3v) is 3.11. The smallest absolute Gasteiger partial charge is 0.128 e. The van der Waals surface area contributed by atoms with E-state index in [1.807, 2.05) is 6.07 Å². The Morgan fingerprint density at radius 3 is 2.41 bits per heavy atom. The van der Waals surface area contributed by atoms with Crippen molar-refractivity contribution in [3.8, 4) is 0 Å². The molecule has 2 N–H and O–H groups in total. The zero-order valence-corrected chi connectivity index (χ0v) is 10.3. The molecule has 4 heteroatoms. The van der Waals surface area contributed by atoms with Crippen LogP contribution in [0, 0.1) is 5.82 Å². The van der Waals surface area contributed by atoms with Gasteiger partial charge in [0.2, 0.25) is 0 Å². The highest BCUT2D eigenvalue weighted by Crippen LogP contribution is 2.29. The molecule has 0 fully saturated rings. The molecule has 0 aliphatic heterocycles. The van der Waals surface area contributed by atoms with E-state index in [0.29, 0.717) is 21.2 Å². The lowest BCUT2D eigenvalue weighted by Gasteiger charge is -2.15. The molecule has 0 radical (unpaired) electrons. The summed E-state index contributed by atoms with van der Waals surface area (Å²) in [6.07, 6.45) is 0. The summed E-state index contributed by atoms with van der Waals surface area (Å²) in [5.74, 6) is -0.387. The zero-order valence-electron chi connectivity index (χ0n) is 8.83. The molecule has 0 aliphatic rings. The van der Waals surface area contributed by atoms with Crippen LogP contribution in [0.5, 0.6) is 0 Å². The lowest BCUT2D eigenvalue weighted by molar-refractivity contribution is 0.600. The van der Waals surface area contributed by atoms with Crippen LogP contribution in [0.25, 0.3) is 0 Å². The molecule has 0 saturated heterocycles. The number of rotatable bonds is 2. The molecule has 88 valence electrons. The van der Waals surface area contributed by atoms with Crippen LogP contribution in [-0.4, -0.2) is 0 Å². The molecule has 0 amide bonds. The topological polar surface area (TPSA) is 26.0 Å². The largest absolute Gasteiger partial charge is 0.320 e. The van der Waals surface area contributed by atoms with Crippen LogP contribution in [0.4, 0.5) is 4.39 Å². The average Bonchev–Trinajstić information content (AvgIpc) is 2.32. The van der Waals surface area contributed by atoms with E-state index in [9.17, 15) is 4.39 Å². The summed E-state index contributed by atoms with van der Waals surface area (Å²) in [6.45, 7) is 0. The highest BCUT2D eigenvalue weighted by atomic mass is 35.5. The maximum Gasteiger partial charge on any atom is 0.128 e. The fourth-order valence-electron chi connectivity index (χ4n) is 1.65. The molecule has 2 aromatic carbocycles. The fourth-order valence-corrected chi connectivity index (χ4v) is 2.08. The second-order valence-electron chi connectivity index (χ2n) is 3.67. The maximum absolute atomic E-state index is 13.7. The van der Waals surface area contributed by atoms with Crippen molar-refractivity contribution in [2.45, 2.75) is 6.04 Å². The van der Waals surface area contributed by atoms with Crippen LogP contribution in [0.3, 0.4) is 0 Å². The molecule has 0 aromatic heterocycles. The molecule has 1 atom stereocenters. The van der Waals surface area contributed by atoms with Crippen molar-refractivity contribution in [2.75, 3.05) is 0 Å². The summed E-state index contributed by atoms with van der Waals surface area (Å²) < 4.78 is 13.7. The second kappa shape index (κ2) is 5.05. The van der Waals surface area contributed by atoms with Gasteiger partial charge in [-0.25, -0.2) is 4.39 Å². The second-order valence-corrected chi connectivity index (χ2v) is 4.51. The maximum atomic E-state index is 13.7. The fraction of sp³-hybridized carbons (Fsp3) is 0.0769. The first-order valence-electron chi connectivity index (χ1n) is 5.04. The first-order chi connectivity index (χ1) is 8.09. The van der Waals surface area contributed by atoms with Crippen molar-refractivity contribution in [2.24, 2.45) is 5.73 Å². The number of hydrogen-bond donors (Lipinski definition) is 1. The average molecular weight is 270 g/mol. The standard InChI is InChI=1S/C13H10Cl2FN/c14-8-5-6-12(16)10(7-8)13(17)9-3-1-2-4-11(9)15/h1-7,13H,17H2. The van der Waals surface area contributed by atoms with Crippen molar-refractivity contribution < 1.29 is 4.39 Å². The number of nitrogens with two attached hydrogens (primary N) is 1. The van der Waals surface area contributed by atoms with Gasteiger partial charge in [0.15, 0.2) is 0 Å². The van der Waals surface area contributed by atoms with E-state index in [1.165, 1.54) is 18.2 Å². The minimum atomic E-state index is -0.623. The lowest BCUT2D eigenvalue weighted by atomic mass is 9.99. The van der Waals surface area contributed by atoms with Crippen molar-refractivity contribution >= 4 is 23.2 Å². The predicted octanol–water partition coefficient (Wildman–Crippen LogP) is 4.18. The molecule has 0 aliphatic carbocycles. The Balaban J connectivity index is 2.47. The molecular formula is C13H10Cl2FN. The van der Waals surface area contributed by atoms with E-state index in [-0.39, 0.29) is 5.82 Å². The van der Waals surface area contributed by atoms with E-state index >= 15 is 0 Å². The molecule has 1 nitrogen and oxygen atoms in total. The van der Waals surface area contributed by atoms with Gasteiger partial charge >= 0.3 is 0 Å². The van der Waals surface area contributed by atoms with Crippen LogP contribution in [0.15, 0.2) is 42.5 Å². The van der Waals surface area contributed by atoms with Crippen molar-refractivity contribution in [1.29, 1.82) is 0 Å². The van der Waals surface area contributed by atoms with E-state index < -0.39 is 6.04 Å². The molecule has 2 rings (SSSR count). The Kier molecular flexibility index (Phi) is 3.67. The molecule has 1 unspecified atom stereocenters. The van der Waals surface area contributed by atoms with Gasteiger partial charge in [-0.1, -0.05) is 41.4 Å². The summed E-state index contributed by atoms with van der Waals surface area (Å²) in [6, 6.07) is 10.8. The van der Waals surface area contributed by atoms with Gasteiger partial charge in [-0.15, -0.1) is 0 Å². The van der Waals surface area contributed by atoms with E-state index in [2.05, 4.69) is 0 Å². The lowest BCUT2D eigenvalue weighted by Crippen LogP contribution is -2.14. The summed E-state index contributed by atoms with van der Waals surface area (Å²) in [5, 5.41) is 0.961. The van der Waals surface area contributed by atoms with Gasteiger partial charge in [0.05, 0.1) is 6.04 Å². The quantitative estimate of drug-likeness (QED) is 0.870. The highest BCUT2D eigenvalue weighted by Gasteiger charge is 2.16. The third-order valence-electron chi connectivity index (χ3n) is 2.53. The number of halogens is 3.